The molecule has 1 heterocycles. The molecule has 1 aromatic rings. The van der Waals surface area contributed by atoms with E-state index in [4.69, 9.17) is 10.00 Å². The van der Waals surface area contributed by atoms with Crippen molar-refractivity contribution in [1.29, 1.82) is 5.26 Å². The van der Waals surface area contributed by atoms with Crippen molar-refractivity contribution in [2.24, 2.45) is 0 Å². The van der Waals surface area contributed by atoms with Gasteiger partial charge in [0.2, 0.25) is 0 Å². The molecule has 5 heteroatoms. The number of carbonyl (C=O) groups excluding carboxylic acids is 1. The second-order valence-electron chi connectivity index (χ2n) is 2.56. The van der Waals surface area contributed by atoms with E-state index in [1.807, 2.05) is 6.07 Å². The van der Waals surface area contributed by atoms with Crippen LogP contribution in [0, 0.1) is 11.3 Å². The standard InChI is InChI=1S/C10H10N2O2S/c1-2-14-9(13)7-15-10-8(6-11)4-3-5-12-10/h3-5H,2,7H2,1H3. The first kappa shape index (κ1) is 11.5. The van der Waals surface area contributed by atoms with E-state index in [0.29, 0.717) is 17.2 Å². The van der Waals surface area contributed by atoms with Crippen LogP contribution in [0.1, 0.15) is 12.5 Å². The fourth-order valence-corrected chi connectivity index (χ4v) is 1.66. The molecule has 0 aliphatic rings. The summed E-state index contributed by atoms with van der Waals surface area (Å²) in [7, 11) is 0. The number of nitrogens with zero attached hydrogens (tertiary/aromatic N) is 2. The smallest absolute Gasteiger partial charge is 0.316 e. The third-order valence-electron chi connectivity index (χ3n) is 1.52. The summed E-state index contributed by atoms with van der Waals surface area (Å²) in [5, 5.41) is 9.33. The highest BCUT2D eigenvalue weighted by molar-refractivity contribution is 7.99. The molecule has 1 rings (SSSR count). The van der Waals surface area contributed by atoms with Gasteiger partial charge in [-0.1, -0.05) is 11.8 Å². The third-order valence-corrected chi connectivity index (χ3v) is 2.50. The summed E-state index contributed by atoms with van der Waals surface area (Å²) >= 11 is 1.21. The Balaban J connectivity index is 2.58. The number of nitriles is 1. The minimum atomic E-state index is -0.294. The molecule has 0 saturated carbocycles. The lowest BCUT2D eigenvalue weighted by Crippen LogP contribution is -2.06. The van der Waals surface area contributed by atoms with Crippen molar-refractivity contribution in [3.63, 3.8) is 0 Å². The first-order chi connectivity index (χ1) is 7.27. The Kier molecular flexibility index (Phi) is 4.64. The van der Waals surface area contributed by atoms with Crippen molar-refractivity contribution in [2.75, 3.05) is 12.4 Å². The molecule has 0 spiro atoms. The van der Waals surface area contributed by atoms with Crippen molar-refractivity contribution >= 4 is 17.7 Å². The van der Waals surface area contributed by atoms with Crippen molar-refractivity contribution < 1.29 is 9.53 Å². The topological polar surface area (TPSA) is 63.0 Å². The molecule has 0 aliphatic heterocycles. The fourth-order valence-electron chi connectivity index (χ4n) is 0.921. The zero-order valence-corrected chi connectivity index (χ0v) is 9.08. The summed E-state index contributed by atoms with van der Waals surface area (Å²) in [4.78, 5) is 15.1. The van der Waals surface area contributed by atoms with Gasteiger partial charge in [0.05, 0.1) is 17.9 Å². The monoisotopic (exact) mass is 222 g/mol. The van der Waals surface area contributed by atoms with E-state index in [9.17, 15) is 4.79 Å². The van der Waals surface area contributed by atoms with Gasteiger partial charge in [-0.25, -0.2) is 4.98 Å². The molecule has 1 aromatic heterocycles. The number of pyridine rings is 1. The van der Waals surface area contributed by atoms with Crippen LogP contribution in [-0.4, -0.2) is 23.3 Å². The molecule has 0 atom stereocenters. The van der Waals surface area contributed by atoms with Crippen LogP contribution < -0.4 is 0 Å². The van der Waals surface area contributed by atoms with Gasteiger partial charge in [-0.3, -0.25) is 4.79 Å². The SMILES string of the molecule is CCOC(=O)CSc1ncccc1C#N. The number of carbonyl (C=O) groups is 1. The van der Waals surface area contributed by atoms with E-state index in [1.54, 1.807) is 25.3 Å². The zero-order valence-electron chi connectivity index (χ0n) is 8.27. The largest absolute Gasteiger partial charge is 0.465 e. The van der Waals surface area contributed by atoms with Crippen LogP contribution >= 0.6 is 11.8 Å². The quantitative estimate of drug-likeness (QED) is 0.572. The van der Waals surface area contributed by atoms with Crippen molar-refractivity contribution in [3.05, 3.63) is 23.9 Å². The summed E-state index contributed by atoms with van der Waals surface area (Å²) < 4.78 is 4.77. The molecule has 0 fully saturated rings. The lowest BCUT2D eigenvalue weighted by Gasteiger charge is -2.02. The molecule has 0 aliphatic carbocycles. The van der Waals surface area contributed by atoms with Gasteiger partial charge < -0.3 is 4.74 Å². The summed E-state index contributed by atoms with van der Waals surface area (Å²) in [6, 6.07) is 5.37. The average Bonchev–Trinajstić information content (AvgIpc) is 2.27. The Morgan fingerprint density at radius 1 is 1.73 bits per heavy atom. The number of thioether (sulfide) groups is 1. The minimum absolute atomic E-state index is 0.180. The van der Waals surface area contributed by atoms with E-state index in [0.717, 1.165) is 0 Å². The van der Waals surface area contributed by atoms with Gasteiger partial charge in [-0.15, -0.1) is 0 Å². The van der Waals surface area contributed by atoms with E-state index < -0.39 is 0 Å². The molecule has 0 bridgehead atoms. The maximum absolute atomic E-state index is 11.1. The normalized spacial score (nSPS) is 9.33. The van der Waals surface area contributed by atoms with Crippen LogP contribution in [0.15, 0.2) is 23.4 Å². The number of hydrogen-bond donors (Lipinski definition) is 0. The number of hydrogen-bond acceptors (Lipinski definition) is 5. The Hall–Kier alpha value is -1.54. The summed E-state index contributed by atoms with van der Waals surface area (Å²) in [6.07, 6.45) is 1.59. The van der Waals surface area contributed by atoms with Crippen LogP contribution in [0.2, 0.25) is 0 Å². The highest BCUT2D eigenvalue weighted by atomic mass is 32.2. The van der Waals surface area contributed by atoms with E-state index in [-0.39, 0.29) is 11.7 Å². The van der Waals surface area contributed by atoms with Gasteiger partial charge in [-0.05, 0) is 19.1 Å². The summed E-state index contributed by atoms with van der Waals surface area (Å²) in [6.45, 7) is 2.12. The minimum Gasteiger partial charge on any atom is -0.465 e. The van der Waals surface area contributed by atoms with E-state index in [2.05, 4.69) is 4.98 Å². The number of ether oxygens (including phenoxy) is 1. The first-order valence-electron chi connectivity index (χ1n) is 4.41. The molecule has 0 N–H and O–H groups in total. The van der Waals surface area contributed by atoms with Gasteiger partial charge in [0, 0.05) is 6.20 Å². The van der Waals surface area contributed by atoms with E-state index >= 15 is 0 Å². The Morgan fingerprint density at radius 2 is 2.53 bits per heavy atom. The van der Waals surface area contributed by atoms with Gasteiger partial charge in [0.1, 0.15) is 11.1 Å². The predicted octanol–water partition coefficient (Wildman–Crippen LogP) is 1.61. The third kappa shape index (κ3) is 3.60. The van der Waals surface area contributed by atoms with Crippen LogP contribution in [0.4, 0.5) is 0 Å². The molecule has 0 saturated heterocycles. The van der Waals surface area contributed by atoms with Crippen molar-refractivity contribution in [2.45, 2.75) is 11.9 Å². The van der Waals surface area contributed by atoms with E-state index in [1.165, 1.54) is 11.8 Å². The molecular weight excluding hydrogens is 212 g/mol. The molecule has 0 radical (unpaired) electrons. The molecule has 78 valence electrons. The molecular formula is C10H10N2O2S. The zero-order chi connectivity index (χ0) is 11.1. The summed E-state index contributed by atoms with van der Waals surface area (Å²) in [5.74, 6) is -0.114. The molecule has 15 heavy (non-hydrogen) atoms. The van der Waals surface area contributed by atoms with Crippen LogP contribution in [-0.2, 0) is 9.53 Å². The second-order valence-corrected chi connectivity index (χ2v) is 3.53. The van der Waals surface area contributed by atoms with Gasteiger partial charge in [0.25, 0.3) is 0 Å². The van der Waals surface area contributed by atoms with Crippen molar-refractivity contribution in [3.8, 4) is 6.07 Å². The highest BCUT2D eigenvalue weighted by Gasteiger charge is 2.07. The Morgan fingerprint density at radius 3 is 3.20 bits per heavy atom. The highest BCUT2D eigenvalue weighted by Crippen LogP contribution is 2.18. The molecule has 0 unspecified atom stereocenters. The molecule has 0 amide bonds. The van der Waals surface area contributed by atoms with Crippen LogP contribution in [0.25, 0.3) is 0 Å². The molecule has 4 nitrogen and oxygen atoms in total. The van der Waals surface area contributed by atoms with Crippen molar-refractivity contribution in [1.82, 2.24) is 4.98 Å². The second kappa shape index (κ2) is 6.04. The number of esters is 1. The average molecular weight is 222 g/mol. The maximum Gasteiger partial charge on any atom is 0.316 e. The number of rotatable bonds is 4. The van der Waals surface area contributed by atoms with Crippen LogP contribution in [0.5, 0.6) is 0 Å². The van der Waals surface area contributed by atoms with Gasteiger partial charge >= 0.3 is 5.97 Å². The Bertz CT molecular complexity index is 387. The fraction of sp³-hybridized carbons (Fsp3) is 0.300. The van der Waals surface area contributed by atoms with Gasteiger partial charge in [0.15, 0.2) is 0 Å². The molecule has 0 aromatic carbocycles. The first-order valence-corrected chi connectivity index (χ1v) is 5.40. The lowest BCUT2D eigenvalue weighted by atomic mass is 10.3. The summed E-state index contributed by atoms with van der Waals surface area (Å²) in [5.41, 5.74) is 0.479. The Labute approximate surface area is 92.3 Å². The lowest BCUT2D eigenvalue weighted by molar-refractivity contribution is -0.139. The van der Waals surface area contributed by atoms with Gasteiger partial charge in [-0.2, -0.15) is 5.26 Å². The predicted molar refractivity (Wildman–Crippen MR) is 56.3 cm³/mol. The van der Waals surface area contributed by atoms with Crippen LogP contribution in [0.3, 0.4) is 0 Å². The number of aromatic nitrogens is 1. The maximum atomic E-state index is 11.1.